The quantitative estimate of drug-likeness (QED) is 0.558. The smallest absolute Gasteiger partial charge is 0.269 e. The number of aromatic nitrogens is 1. The number of hydrogen-bond donors (Lipinski definition) is 2. The maximum Gasteiger partial charge on any atom is 0.269 e. The van der Waals surface area contributed by atoms with E-state index in [0.29, 0.717) is 29.9 Å². The van der Waals surface area contributed by atoms with Crippen LogP contribution >= 0.6 is 0 Å². The molecule has 1 fully saturated rings. The van der Waals surface area contributed by atoms with Gasteiger partial charge in [0.1, 0.15) is 5.69 Å². The van der Waals surface area contributed by atoms with Crippen LogP contribution in [0.2, 0.25) is 0 Å². The van der Waals surface area contributed by atoms with Crippen LogP contribution in [-0.4, -0.2) is 56.0 Å². The van der Waals surface area contributed by atoms with E-state index in [-0.39, 0.29) is 30.0 Å². The maximum atomic E-state index is 12.8. The molecule has 1 aliphatic heterocycles. The van der Waals surface area contributed by atoms with Crippen molar-refractivity contribution in [3.05, 3.63) is 59.8 Å². The molecular weight excluding hydrogens is 424 g/mol. The molecule has 1 aliphatic rings. The van der Waals surface area contributed by atoms with E-state index in [9.17, 15) is 18.0 Å². The van der Waals surface area contributed by atoms with Gasteiger partial charge in [-0.15, -0.1) is 0 Å². The fourth-order valence-corrected chi connectivity index (χ4v) is 4.65. The molecule has 1 saturated heterocycles. The summed E-state index contributed by atoms with van der Waals surface area (Å²) >= 11 is 0. The van der Waals surface area contributed by atoms with Crippen molar-refractivity contribution in [1.29, 1.82) is 0 Å². The highest BCUT2D eigenvalue weighted by atomic mass is 32.2. The highest BCUT2D eigenvalue weighted by Gasteiger charge is 2.27. The van der Waals surface area contributed by atoms with E-state index in [1.54, 1.807) is 24.3 Å². The van der Waals surface area contributed by atoms with E-state index in [0.717, 1.165) is 0 Å². The first-order valence-electron chi connectivity index (χ1n) is 9.55. The summed E-state index contributed by atoms with van der Waals surface area (Å²) in [7, 11) is -3.74. The molecule has 0 saturated carbocycles. The van der Waals surface area contributed by atoms with Gasteiger partial charge >= 0.3 is 0 Å². The number of nitrogens with zero attached hydrogens (tertiary/aromatic N) is 2. The first-order valence-corrected chi connectivity index (χ1v) is 11.0. The number of carbonyl (C=O) groups excluding carboxylic acids is 2. The van der Waals surface area contributed by atoms with E-state index in [4.69, 9.17) is 9.26 Å². The standard InChI is InChI=1S/C20H20N4O6S/c25-19(13-17-16-6-1-2-7-18(16)30-23-17)21-22-20(26)14-4-3-5-15(12-14)31(27,28)24-8-10-29-11-9-24/h1-7,12H,8-11,13H2,(H,21,25)(H,22,26). The predicted molar refractivity (Wildman–Crippen MR) is 109 cm³/mol. The monoisotopic (exact) mass is 444 g/mol. The molecule has 0 aliphatic carbocycles. The highest BCUT2D eigenvalue weighted by Crippen LogP contribution is 2.19. The van der Waals surface area contributed by atoms with Gasteiger partial charge in [0.15, 0.2) is 5.58 Å². The van der Waals surface area contributed by atoms with Crippen LogP contribution in [0.5, 0.6) is 0 Å². The van der Waals surface area contributed by atoms with E-state index in [1.165, 1.54) is 28.6 Å². The van der Waals surface area contributed by atoms with Crippen LogP contribution in [0.15, 0.2) is 57.9 Å². The fraction of sp³-hybridized carbons (Fsp3) is 0.250. The van der Waals surface area contributed by atoms with Gasteiger partial charge in [-0.05, 0) is 30.3 Å². The van der Waals surface area contributed by atoms with Crippen molar-refractivity contribution in [2.45, 2.75) is 11.3 Å². The van der Waals surface area contributed by atoms with Crippen molar-refractivity contribution in [2.24, 2.45) is 0 Å². The first-order chi connectivity index (χ1) is 14.9. The van der Waals surface area contributed by atoms with Crippen molar-refractivity contribution in [1.82, 2.24) is 20.3 Å². The Kier molecular flexibility index (Phi) is 5.98. The normalized spacial score (nSPS) is 15.0. The van der Waals surface area contributed by atoms with Crippen LogP contribution < -0.4 is 10.9 Å². The van der Waals surface area contributed by atoms with E-state index < -0.39 is 21.8 Å². The van der Waals surface area contributed by atoms with Crippen LogP contribution in [0, 0.1) is 0 Å². The number of ether oxygens (including phenoxy) is 1. The number of nitrogens with one attached hydrogen (secondary N) is 2. The molecule has 11 heteroatoms. The highest BCUT2D eigenvalue weighted by molar-refractivity contribution is 7.89. The zero-order valence-electron chi connectivity index (χ0n) is 16.4. The third kappa shape index (κ3) is 4.58. The van der Waals surface area contributed by atoms with Crippen molar-refractivity contribution in [3.63, 3.8) is 0 Å². The molecule has 3 aromatic rings. The fourth-order valence-electron chi connectivity index (χ4n) is 3.19. The number of hydrazine groups is 1. The topological polar surface area (TPSA) is 131 Å². The molecule has 2 heterocycles. The predicted octanol–water partition coefficient (Wildman–Crippen LogP) is 0.852. The number of fused-ring (bicyclic) bond motifs is 1. The molecule has 0 radical (unpaired) electrons. The van der Waals surface area contributed by atoms with Gasteiger partial charge < -0.3 is 9.26 Å². The lowest BCUT2D eigenvalue weighted by Gasteiger charge is -2.26. The van der Waals surface area contributed by atoms with Crippen LogP contribution in [0.25, 0.3) is 11.0 Å². The molecule has 0 bridgehead atoms. The van der Waals surface area contributed by atoms with Crippen molar-refractivity contribution < 1.29 is 27.3 Å². The molecule has 0 unspecified atom stereocenters. The number of hydrogen-bond acceptors (Lipinski definition) is 7. The summed E-state index contributed by atoms with van der Waals surface area (Å²) < 4.78 is 37.2. The number of carbonyl (C=O) groups is 2. The molecule has 1 aromatic heterocycles. The third-order valence-electron chi connectivity index (χ3n) is 4.80. The summed E-state index contributed by atoms with van der Waals surface area (Å²) in [6, 6.07) is 12.8. The Bertz CT molecular complexity index is 1220. The van der Waals surface area contributed by atoms with Gasteiger partial charge in [0.2, 0.25) is 15.9 Å². The van der Waals surface area contributed by atoms with Crippen LogP contribution in [-0.2, 0) is 26.0 Å². The van der Waals surface area contributed by atoms with Crippen molar-refractivity contribution in [2.75, 3.05) is 26.3 Å². The van der Waals surface area contributed by atoms with E-state index >= 15 is 0 Å². The minimum Gasteiger partial charge on any atom is -0.379 e. The average molecular weight is 444 g/mol. The lowest BCUT2D eigenvalue weighted by molar-refractivity contribution is -0.121. The molecule has 10 nitrogen and oxygen atoms in total. The second-order valence-electron chi connectivity index (χ2n) is 6.85. The maximum absolute atomic E-state index is 12.8. The summed E-state index contributed by atoms with van der Waals surface area (Å²) in [6.45, 7) is 1.16. The molecule has 2 N–H and O–H groups in total. The van der Waals surface area contributed by atoms with Gasteiger partial charge in [0.05, 0.1) is 24.5 Å². The van der Waals surface area contributed by atoms with Crippen LogP contribution in [0.1, 0.15) is 16.1 Å². The van der Waals surface area contributed by atoms with Crippen molar-refractivity contribution in [3.8, 4) is 0 Å². The third-order valence-corrected chi connectivity index (χ3v) is 6.69. The molecule has 0 atom stereocenters. The Labute approximate surface area is 178 Å². The number of benzene rings is 2. The zero-order chi connectivity index (χ0) is 21.8. The number of rotatable bonds is 5. The van der Waals surface area contributed by atoms with Gasteiger partial charge in [-0.1, -0.05) is 23.4 Å². The average Bonchev–Trinajstić information content (AvgIpc) is 3.21. The molecule has 162 valence electrons. The summed E-state index contributed by atoms with van der Waals surface area (Å²) in [4.78, 5) is 24.6. The Balaban J connectivity index is 1.39. The number of amides is 2. The SMILES string of the molecule is O=C(Cc1noc2ccccc12)NNC(=O)c1cccc(S(=O)(=O)N2CCOCC2)c1. The minimum atomic E-state index is -3.74. The lowest BCUT2D eigenvalue weighted by Crippen LogP contribution is -2.42. The van der Waals surface area contributed by atoms with Gasteiger partial charge in [0, 0.05) is 24.0 Å². The summed E-state index contributed by atoms with van der Waals surface area (Å²) in [6.07, 6.45) is -0.0945. The Morgan fingerprint density at radius 2 is 1.81 bits per heavy atom. The summed E-state index contributed by atoms with van der Waals surface area (Å²) in [5.74, 6) is -1.14. The van der Waals surface area contributed by atoms with Gasteiger partial charge in [0.25, 0.3) is 5.91 Å². The molecular formula is C20H20N4O6S. The first kappa shape index (κ1) is 21.0. The molecule has 4 rings (SSSR count). The lowest BCUT2D eigenvalue weighted by atomic mass is 10.2. The van der Waals surface area contributed by atoms with Gasteiger partial charge in [-0.3, -0.25) is 20.4 Å². The number of morpholine rings is 1. The second-order valence-corrected chi connectivity index (χ2v) is 8.79. The minimum absolute atomic E-state index is 0.00226. The van der Waals surface area contributed by atoms with Crippen LogP contribution in [0.3, 0.4) is 0 Å². The van der Waals surface area contributed by atoms with Gasteiger partial charge in [-0.2, -0.15) is 4.31 Å². The molecule has 2 amide bonds. The largest absolute Gasteiger partial charge is 0.379 e. The molecule has 0 spiro atoms. The zero-order valence-corrected chi connectivity index (χ0v) is 17.2. The van der Waals surface area contributed by atoms with E-state index in [2.05, 4.69) is 16.0 Å². The van der Waals surface area contributed by atoms with Gasteiger partial charge in [-0.25, -0.2) is 8.42 Å². The Hall–Kier alpha value is -3.28. The van der Waals surface area contributed by atoms with E-state index in [1.807, 2.05) is 0 Å². The Morgan fingerprint density at radius 1 is 1.03 bits per heavy atom. The number of sulfonamides is 1. The van der Waals surface area contributed by atoms with Crippen molar-refractivity contribution >= 4 is 32.8 Å². The summed E-state index contributed by atoms with van der Waals surface area (Å²) in [5.41, 5.74) is 5.71. The molecule has 31 heavy (non-hydrogen) atoms. The Morgan fingerprint density at radius 3 is 2.61 bits per heavy atom. The number of para-hydroxylation sites is 1. The summed E-state index contributed by atoms with van der Waals surface area (Å²) in [5, 5.41) is 4.59. The molecule has 2 aromatic carbocycles. The second kappa shape index (κ2) is 8.84. The van der Waals surface area contributed by atoms with Crippen LogP contribution in [0.4, 0.5) is 0 Å².